The van der Waals surface area contributed by atoms with Crippen molar-refractivity contribution in [1.29, 1.82) is 0 Å². The molecule has 0 aliphatic carbocycles. The third-order valence-corrected chi connectivity index (χ3v) is 4.12. The van der Waals surface area contributed by atoms with Gasteiger partial charge in [-0.2, -0.15) is 0 Å². The number of rotatable bonds is 5. The summed E-state index contributed by atoms with van der Waals surface area (Å²) in [5.41, 5.74) is 6.77. The van der Waals surface area contributed by atoms with Crippen molar-refractivity contribution in [3.8, 4) is 5.75 Å². The highest BCUT2D eigenvalue weighted by molar-refractivity contribution is 5.77. The van der Waals surface area contributed by atoms with E-state index in [2.05, 4.69) is 6.92 Å². The monoisotopic (exact) mass is 276 g/mol. The second-order valence-electron chi connectivity index (χ2n) is 5.58. The Labute approximate surface area is 120 Å². The van der Waals surface area contributed by atoms with Gasteiger partial charge in [-0.1, -0.05) is 25.1 Å². The quantitative estimate of drug-likeness (QED) is 0.895. The molecule has 1 aliphatic heterocycles. The molecule has 1 aliphatic rings. The van der Waals surface area contributed by atoms with E-state index in [9.17, 15) is 4.79 Å². The first-order chi connectivity index (χ1) is 9.65. The molecule has 1 saturated heterocycles. The lowest BCUT2D eigenvalue weighted by molar-refractivity contribution is -0.130. The third-order valence-electron chi connectivity index (χ3n) is 4.12. The van der Waals surface area contributed by atoms with Crippen LogP contribution >= 0.6 is 0 Å². The topological polar surface area (TPSA) is 55.6 Å². The number of methoxy groups -OCH3 is 1. The number of ether oxygens (including phenoxy) is 1. The van der Waals surface area contributed by atoms with Gasteiger partial charge in [0, 0.05) is 19.5 Å². The molecule has 1 aromatic rings. The van der Waals surface area contributed by atoms with Crippen molar-refractivity contribution < 1.29 is 9.53 Å². The lowest BCUT2D eigenvalue weighted by Gasteiger charge is -2.20. The van der Waals surface area contributed by atoms with Crippen molar-refractivity contribution in [2.75, 3.05) is 26.7 Å². The Morgan fingerprint density at radius 1 is 1.50 bits per heavy atom. The fourth-order valence-electron chi connectivity index (χ4n) is 2.83. The number of amides is 1. The Morgan fingerprint density at radius 3 is 2.90 bits per heavy atom. The molecule has 2 unspecified atom stereocenters. The van der Waals surface area contributed by atoms with E-state index >= 15 is 0 Å². The SMILES string of the molecule is COc1ccccc1C(C)CC(=O)N1CCC(CN)C1. The van der Waals surface area contributed by atoms with E-state index in [1.54, 1.807) is 7.11 Å². The molecule has 0 saturated carbocycles. The normalized spacial score (nSPS) is 19.9. The van der Waals surface area contributed by atoms with Crippen molar-refractivity contribution in [2.24, 2.45) is 11.7 Å². The fourth-order valence-corrected chi connectivity index (χ4v) is 2.83. The number of nitrogens with zero attached hydrogens (tertiary/aromatic N) is 1. The molecule has 0 aromatic heterocycles. The molecule has 2 N–H and O–H groups in total. The molecule has 4 heteroatoms. The summed E-state index contributed by atoms with van der Waals surface area (Å²) in [7, 11) is 1.67. The van der Waals surface area contributed by atoms with Crippen LogP contribution in [0, 0.1) is 5.92 Å². The summed E-state index contributed by atoms with van der Waals surface area (Å²) in [5, 5.41) is 0. The molecular formula is C16H24N2O2. The zero-order chi connectivity index (χ0) is 14.5. The summed E-state index contributed by atoms with van der Waals surface area (Å²) in [5.74, 6) is 1.71. The first-order valence-corrected chi connectivity index (χ1v) is 7.26. The van der Waals surface area contributed by atoms with Crippen LogP contribution in [0.2, 0.25) is 0 Å². The summed E-state index contributed by atoms with van der Waals surface area (Å²) >= 11 is 0. The van der Waals surface area contributed by atoms with Gasteiger partial charge in [-0.3, -0.25) is 4.79 Å². The minimum atomic E-state index is 0.163. The van der Waals surface area contributed by atoms with Crippen LogP contribution < -0.4 is 10.5 Å². The van der Waals surface area contributed by atoms with E-state index in [-0.39, 0.29) is 11.8 Å². The van der Waals surface area contributed by atoms with E-state index in [0.717, 1.165) is 30.8 Å². The molecule has 1 heterocycles. The summed E-state index contributed by atoms with van der Waals surface area (Å²) in [6.45, 7) is 4.41. The highest BCUT2D eigenvalue weighted by atomic mass is 16.5. The van der Waals surface area contributed by atoms with Gasteiger partial charge in [0.15, 0.2) is 0 Å². The van der Waals surface area contributed by atoms with E-state index in [0.29, 0.717) is 18.9 Å². The average Bonchev–Trinajstić information content (AvgIpc) is 2.96. The lowest BCUT2D eigenvalue weighted by atomic mass is 9.96. The highest BCUT2D eigenvalue weighted by Crippen LogP contribution is 2.29. The van der Waals surface area contributed by atoms with Crippen molar-refractivity contribution in [3.63, 3.8) is 0 Å². The Bertz CT molecular complexity index is 462. The maximum Gasteiger partial charge on any atom is 0.223 e. The van der Waals surface area contributed by atoms with Gasteiger partial charge in [0.25, 0.3) is 0 Å². The predicted octanol–water partition coefficient (Wildman–Crippen LogP) is 2.00. The zero-order valence-corrected chi connectivity index (χ0v) is 12.3. The number of benzene rings is 1. The van der Waals surface area contributed by atoms with Crippen LogP contribution in [0.25, 0.3) is 0 Å². The zero-order valence-electron chi connectivity index (χ0n) is 12.3. The number of hydrogen-bond acceptors (Lipinski definition) is 3. The van der Waals surface area contributed by atoms with Crippen LogP contribution in [0.4, 0.5) is 0 Å². The van der Waals surface area contributed by atoms with Gasteiger partial charge >= 0.3 is 0 Å². The minimum absolute atomic E-state index is 0.163. The first kappa shape index (κ1) is 14.9. The predicted molar refractivity (Wildman–Crippen MR) is 79.8 cm³/mol. The molecule has 1 aromatic carbocycles. The number of nitrogens with two attached hydrogens (primary N) is 1. The summed E-state index contributed by atoms with van der Waals surface area (Å²) in [6.07, 6.45) is 1.56. The van der Waals surface area contributed by atoms with E-state index in [1.165, 1.54) is 0 Å². The molecule has 4 nitrogen and oxygen atoms in total. The van der Waals surface area contributed by atoms with Crippen molar-refractivity contribution >= 4 is 5.91 Å². The van der Waals surface area contributed by atoms with E-state index in [4.69, 9.17) is 10.5 Å². The molecule has 0 spiro atoms. The molecule has 0 radical (unpaired) electrons. The van der Waals surface area contributed by atoms with Gasteiger partial charge in [-0.25, -0.2) is 0 Å². The van der Waals surface area contributed by atoms with Crippen molar-refractivity contribution in [2.45, 2.75) is 25.7 Å². The number of carbonyl (C=O) groups is 1. The second kappa shape index (κ2) is 6.75. The van der Waals surface area contributed by atoms with E-state index in [1.807, 2.05) is 29.2 Å². The van der Waals surface area contributed by atoms with Gasteiger partial charge in [-0.05, 0) is 36.4 Å². The lowest BCUT2D eigenvalue weighted by Crippen LogP contribution is -2.30. The van der Waals surface area contributed by atoms with Crippen LogP contribution in [0.1, 0.15) is 31.2 Å². The van der Waals surface area contributed by atoms with Gasteiger partial charge in [0.1, 0.15) is 5.75 Å². The number of hydrogen-bond donors (Lipinski definition) is 1. The molecule has 2 atom stereocenters. The van der Waals surface area contributed by atoms with Gasteiger partial charge in [0.2, 0.25) is 5.91 Å². The standard InChI is InChI=1S/C16H24N2O2/c1-12(14-5-3-4-6-15(14)20-2)9-16(19)18-8-7-13(10-17)11-18/h3-6,12-13H,7-11,17H2,1-2H3. The first-order valence-electron chi connectivity index (χ1n) is 7.26. The van der Waals surface area contributed by atoms with Gasteiger partial charge in [-0.15, -0.1) is 0 Å². The fraction of sp³-hybridized carbons (Fsp3) is 0.562. The van der Waals surface area contributed by atoms with Gasteiger partial charge in [0.05, 0.1) is 7.11 Å². The molecular weight excluding hydrogens is 252 g/mol. The summed E-state index contributed by atoms with van der Waals surface area (Å²) in [6, 6.07) is 7.91. The maximum absolute atomic E-state index is 12.3. The maximum atomic E-state index is 12.3. The van der Waals surface area contributed by atoms with Crippen LogP contribution in [-0.2, 0) is 4.79 Å². The van der Waals surface area contributed by atoms with Crippen molar-refractivity contribution in [3.05, 3.63) is 29.8 Å². The Balaban J connectivity index is 1.97. The summed E-state index contributed by atoms with van der Waals surface area (Å²) < 4.78 is 5.37. The smallest absolute Gasteiger partial charge is 0.223 e. The molecule has 110 valence electrons. The molecule has 2 rings (SSSR count). The Kier molecular flexibility index (Phi) is 5.01. The van der Waals surface area contributed by atoms with Crippen molar-refractivity contribution in [1.82, 2.24) is 4.90 Å². The number of likely N-dealkylation sites (tertiary alicyclic amines) is 1. The van der Waals surface area contributed by atoms with Crippen LogP contribution in [0.3, 0.4) is 0 Å². The Hall–Kier alpha value is -1.55. The van der Waals surface area contributed by atoms with Gasteiger partial charge < -0.3 is 15.4 Å². The molecule has 1 amide bonds. The molecule has 0 bridgehead atoms. The van der Waals surface area contributed by atoms with Crippen LogP contribution in [0.15, 0.2) is 24.3 Å². The minimum Gasteiger partial charge on any atom is -0.496 e. The molecule has 20 heavy (non-hydrogen) atoms. The second-order valence-corrected chi connectivity index (χ2v) is 5.58. The average molecular weight is 276 g/mol. The van der Waals surface area contributed by atoms with Crippen LogP contribution in [-0.4, -0.2) is 37.6 Å². The number of para-hydroxylation sites is 1. The summed E-state index contributed by atoms with van der Waals surface area (Å²) in [4.78, 5) is 14.3. The van der Waals surface area contributed by atoms with E-state index < -0.39 is 0 Å². The molecule has 1 fully saturated rings. The highest BCUT2D eigenvalue weighted by Gasteiger charge is 2.26. The van der Waals surface area contributed by atoms with Crippen LogP contribution in [0.5, 0.6) is 5.75 Å². The third kappa shape index (κ3) is 3.31. The Morgan fingerprint density at radius 2 is 2.25 bits per heavy atom. The largest absolute Gasteiger partial charge is 0.496 e. The number of carbonyl (C=O) groups excluding carboxylic acids is 1.